The van der Waals surface area contributed by atoms with Gasteiger partial charge in [0.05, 0.1) is 9.94 Å². The van der Waals surface area contributed by atoms with Gasteiger partial charge in [0.15, 0.2) is 12.1 Å². The molecule has 1 atom stereocenters. The molecule has 0 aliphatic carbocycles. The lowest BCUT2D eigenvalue weighted by atomic mass is 9.89. The van der Waals surface area contributed by atoms with Gasteiger partial charge in [-0.25, -0.2) is 8.78 Å². The number of ether oxygens (including phenoxy) is 1. The number of carbonyl (C=O) groups is 1. The maximum atomic E-state index is 15.3. The van der Waals surface area contributed by atoms with Crippen LogP contribution in [-0.2, 0) is 9.53 Å². The van der Waals surface area contributed by atoms with Gasteiger partial charge in [0.1, 0.15) is 23.9 Å². The Morgan fingerprint density at radius 1 is 1.50 bits per heavy atom. The van der Waals surface area contributed by atoms with Crippen LogP contribution in [0.15, 0.2) is 41.7 Å². The van der Waals surface area contributed by atoms with E-state index in [9.17, 15) is 13.7 Å². The Morgan fingerprint density at radius 3 is 2.83 bits per heavy atom. The zero-order valence-corrected chi connectivity index (χ0v) is 18.4. The van der Waals surface area contributed by atoms with Crippen LogP contribution in [0, 0.1) is 11.6 Å². The van der Waals surface area contributed by atoms with E-state index in [1.54, 1.807) is 0 Å². The molecular formula is C21H25ClF2N2O3S. The third-order valence-corrected chi connectivity index (χ3v) is 5.71. The van der Waals surface area contributed by atoms with Crippen LogP contribution < -0.4 is 10.6 Å². The number of hydrogen-bond acceptors (Lipinski definition) is 6. The second kappa shape index (κ2) is 10.9. The molecule has 0 spiro atoms. The Hall–Kier alpha value is -1.87. The van der Waals surface area contributed by atoms with Crippen molar-refractivity contribution in [3.63, 3.8) is 0 Å². The Bertz CT molecular complexity index is 859. The first-order chi connectivity index (χ1) is 14.2. The van der Waals surface area contributed by atoms with Crippen molar-refractivity contribution in [1.29, 1.82) is 0 Å². The molecule has 1 aliphatic rings. The van der Waals surface area contributed by atoms with Crippen molar-refractivity contribution >= 4 is 40.5 Å². The minimum atomic E-state index is -0.880. The quantitative estimate of drug-likeness (QED) is 0.202. The van der Waals surface area contributed by atoms with Gasteiger partial charge in [-0.2, -0.15) is 0 Å². The lowest BCUT2D eigenvalue weighted by Crippen LogP contribution is -2.50. The van der Waals surface area contributed by atoms with Gasteiger partial charge in [-0.15, -0.1) is 0 Å². The number of hydrogen-bond donors (Lipinski definition) is 3. The molecule has 0 saturated carbocycles. The number of carbonyl (C=O) groups excluding carboxylic acids is 1. The highest BCUT2D eigenvalue weighted by molar-refractivity contribution is 8.03. The molecule has 1 unspecified atom stereocenters. The van der Waals surface area contributed by atoms with Crippen molar-refractivity contribution in [2.75, 3.05) is 18.5 Å². The molecule has 1 saturated heterocycles. The molecule has 9 heteroatoms. The SMILES string of the molecule is C=C/C=C(OCC=O)/C(Cl)=C(\SO)c1ccc(F)c(NC2CCNC(C)(C)C2)c1F. The largest absolute Gasteiger partial charge is 0.485 e. The number of allylic oxidation sites excluding steroid dienone is 3. The molecule has 164 valence electrons. The van der Waals surface area contributed by atoms with E-state index in [1.807, 2.05) is 13.8 Å². The van der Waals surface area contributed by atoms with Gasteiger partial charge in [0, 0.05) is 29.2 Å². The van der Waals surface area contributed by atoms with Crippen LogP contribution in [-0.4, -0.2) is 35.6 Å². The first-order valence-corrected chi connectivity index (χ1v) is 10.5. The number of rotatable bonds is 9. The number of halogens is 3. The summed E-state index contributed by atoms with van der Waals surface area (Å²) in [5.74, 6) is -1.60. The van der Waals surface area contributed by atoms with Gasteiger partial charge in [-0.05, 0) is 51.4 Å². The summed E-state index contributed by atoms with van der Waals surface area (Å²) >= 11 is 6.51. The van der Waals surface area contributed by atoms with Crippen molar-refractivity contribution in [2.24, 2.45) is 0 Å². The van der Waals surface area contributed by atoms with Crippen molar-refractivity contribution in [3.05, 3.63) is 58.9 Å². The zero-order chi connectivity index (χ0) is 22.3. The van der Waals surface area contributed by atoms with Crippen molar-refractivity contribution in [2.45, 2.75) is 38.3 Å². The van der Waals surface area contributed by atoms with E-state index in [-0.39, 0.29) is 57.2 Å². The topological polar surface area (TPSA) is 70.6 Å². The highest BCUT2D eigenvalue weighted by atomic mass is 35.5. The Kier molecular flexibility index (Phi) is 8.91. The Balaban J connectivity index is 2.45. The monoisotopic (exact) mass is 458 g/mol. The van der Waals surface area contributed by atoms with Gasteiger partial charge in [0.25, 0.3) is 0 Å². The number of nitrogens with one attached hydrogen (secondary N) is 2. The summed E-state index contributed by atoms with van der Waals surface area (Å²) in [6.45, 7) is 8.02. The van der Waals surface area contributed by atoms with E-state index >= 15 is 4.39 Å². The summed E-state index contributed by atoms with van der Waals surface area (Å²) < 4.78 is 44.8. The molecule has 1 fully saturated rings. The Labute approximate surface area is 184 Å². The van der Waals surface area contributed by atoms with Gasteiger partial charge in [0.2, 0.25) is 0 Å². The molecule has 2 rings (SSSR count). The van der Waals surface area contributed by atoms with Crippen LogP contribution in [0.5, 0.6) is 0 Å². The number of piperidine rings is 1. The fourth-order valence-corrected chi connectivity index (χ4v) is 4.06. The third-order valence-electron chi connectivity index (χ3n) is 4.62. The van der Waals surface area contributed by atoms with E-state index < -0.39 is 11.6 Å². The van der Waals surface area contributed by atoms with Crippen LogP contribution in [0.4, 0.5) is 14.5 Å². The van der Waals surface area contributed by atoms with Crippen LogP contribution in [0.1, 0.15) is 32.3 Å². The normalized spacial score (nSPS) is 19.7. The van der Waals surface area contributed by atoms with Gasteiger partial charge < -0.3 is 19.9 Å². The van der Waals surface area contributed by atoms with Crippen LogP contribution in [0.25, 0.3) is 4.91 Å². The molecule has 0 bridgehead atoms. The number of aldehydes is 1. The van der Waals surface area contributed by atoms with E-state index in [4.69, 9.17) is 16.3 Å². The predicted octanol–water partition coefficient (Wildman–Crippen LogP) is 5.31. The van der Waals surface area contributed by atoms with Crippen molar-refractivity contribution < 1.29 is 22.9 Å². The second-order valence-electron chi connectivity index (χ2n) is 7.41. The van der Waals surface area contributed by atoms with E-state index in [2.05, 4.69) is 17.2 Å². The smallest absolute Gasteiger partial charge is 0.157 e. The fraction of sp³-hybridized carbons (Fsp3) is 0.381. The minimum Gasteiger partial charge on any atom is -0.485 e. The summed E-state index contributed by atoms with van der Waals surface area (Å²) in [5, 5.41) is 6.19. The maximum Gasteiger partial charge on any atom is 0.157 e. The van der Waals surface area contributed by atoms with Gasteiger partial charge in [-0.3, -0.25) is 4.79 Å². The lowest BCUT2D eigenvalue weighted by molar-refractivity contribution is -0.110. The molecule has 5 nitrogen and oxygen atoms in total. The average molecular weight is 459 g/mol. The standard InChI is InChI=1S/C21H25ClF2N2O3S/c1-4-5-16(29-11-10-27)17(22)20(30-28)14-6-7-15(23)19(18(14)24)26-13-8-9-25-21(2,3)12-13/h4-7,10,13,25-26,28H,1,8-9,11-12H2,2-3H3/b16-5-,20-17+. The van der Waals surface area contributed by atoms with E-state index in [1.165, 1.54) is 18.2 Å². The molecule has 1 aliphatic heterocycles. The molecule has 1 aromatic carbocycles. The van der Waals surface area contributed by atoms with Gasteiger partial charge >= 0.3 is 0 Å². The zero-order valence-electron chi connectivity index (χ0n) is 16.8. The molecule has 1 aromatic rings. The highest BCUT2D eigenvalue weighted by Crippen LogP contribution is 2.39. The van der Waals surface area contributed by atoms with E-state index in [0.717, 1.165) is 12.6 Å². The first-order valence-electron chi connectivity index (χ1n) is 9.34. The number of benzene rings is 1. The molecule has 0 radical (unpaired) electrons. The predicted molar refractivity (Wildman–Crippen MR) is 118 cm³/mol. The number of anilines is 1. The third kappa shape index (κ3) is 6.07. The highest BCUT2D eigenvalue weighted by Gasteiger charge is 2.29. The molecule has 30 heavy (non-hydrogen) atoms. The molecule has 0 aromatic heterocycles. The average Bonchev–Trinajstić information content (AvgIpc) is 2.69. The molecule has 0 amide bonds. The first kappa shape index (κ1) is 24.4. The van der Waals surface area contributed by atoms with E-state index in [0.29, 0.717) is 19.1 Å². The molecule has 3 N–H and O–H groups in total. The van der Waals surface area contributed by atoms with Gasteiger partial charge in [-0.1, -0.05) is 24.3 Å². The van der Waals surface area contributed by atoms with Crippen LogP contribution in [0.3, 0.4) is 0 Å². The fourth-order valence-electron chi connectivity index (χ4n) is 3.30. The summed E-state index contributed by atoms with van der Waals surface area (Å²) in [7, 11) is 0. The summed E-state index contributed by atoms with van der Waals surface area (Å²) in [5.41, 5.74) is -0.542. The summed E-state index contributed by atoms with van der Waals surface area (Å²) in [4.78, 5) is 10.5. The second-order valence-corrected chi connectivity index (χ2v) is 8.38. The maximum absolute atomic E-state index is 15.3. The van der Waals surface area contributed by atoms with Crippen LogP contribution in [0.2, 0.25) is 0 Å². The molecular weight excluding hydrogens is 434 g/mol. The van der Waals surface area contributed by atoms with Crippen molar-refractivity contribution in [3.8, 4) is 0 Å². The lowest BCUT2D eigenvalue weighted by Gasteiger charge is -2.37. The summed E-state index contributed by atoms with van der Waals surface area (Å²) in [6.07, 6.45) is 4.65. The summed E-state index contributed by atoms with van der Waals surface area (Å²) in [6, 6.07) is 2.17. The molecule has 1 heterocycles. The van der Waals surface area contributed by atoms with Crippen LogP contribution >= 0.6 is 23.6 Å². The Morgan fingerprint density at radius 2 is 2.23 bits per heavy atom. The van der Waals surface area contributed by atoms with Crippen molar-refractivity contribution in [1.82, 2.24) is 5.32 Å². The minimum absolute atomic E-state index is 0.0219.